The number of hydrogen-bond donors (Lipinski definition) is 25. The first kappa shape index (κ1) is 88.9. The summed E-state index contributed by atoms with van der Waals surface area (Å²) in [5, 5.41) is 95.1. The minimum absolute atomic E-state index is 0.0346. The van der Waals surface area contributed by atoms with E-state index in [1.165, 1.54) is 45.8 Å². The van der Waals surface area contributed by atoms with Crippen molar-refractivity contribution in [1.29, 1.82) is 0 Å². The maximum absolute atomic E-state index is 14.6. The zero-order chi connectivity index (χ0) is 80.5. The van der Waals surface area contributed by atoms with Gasteiger partial charge in [-0.1, -0.05) is 45.9 Å². The Bertz CT molecular complexity index is 3740. The van der Waals surface area contributed by atoms with Crippen molar-refractivity contribution in [2.24, 2.45) is 17.6 Å². The van der Waals surface area contributed by atoms with Crippen molar-refractivity contribution >= 4 is 105 Å². The van der Waals surface area contributed by atoms with E-state index in [2.05, 4.69) is 99.4 Å². The molecule has 3 heterocycles. The predicted molar refractivity (Wildman–Crippen MR) is 376 cm³/mol. The van der Waals surface area contributed by atoms with Crippen LogP contribution in [0.3, 0.4) is 0 Å². The molecule has 0 unspecified atom stereocenters. The lowest BCUT2D eigenvalue weighted by Crippen LogP contribution is -2.62. The van der Waals surface area contributed by atoms with E-state index < -0.39 is 226 Å². The van der Waals surface area contributed by atoms with Crippen LogP contribution in [0.15, 0.2) is 55.5 Å². The second kappa shape index (κ2) is 44.4. The molecule has 15 amide bonds. The first-order valence-electron chi connectivity index (χ1n) is 34.1. The summed E-state index contributed by atoms with van der Waals surface area (Å²) in [5.41, 5.74) is 7.26. The number of para-hydroxylation sites is 1. The van der Waals surface area contributed by atoms with E-state index in [9.17, 15) is 97.1 Å². The molecule has 0 saturated carbocycles. The molecule has 0 aliphatic carbocycles. The van der Waals surface area contributed by atoms with Crippen LogP contribution in [-0.2, 0) is 96.0 Å². The number of aliphatic hydroxyl groups excluding tert-OH is 5. The summed E-state index contributed by atoms with van der Waals surface area (Å²) in [7, 11) is 0. The van der Waals surface area contributed by atoms with Crippen molar-refractivity contribution in [3.8, 4) is 0 Å². The molecule has 0 saturated heterocycles. The van der Waals surface area contributed by atoms with Gasteiger partial charge in [0.05, 0.1) is 88.8 Å². The number of aliphatic hydroxyl groups is 5. The van der Waals surface area contributed by atoms with Crippen molar-refractivity contribution in [3.63, 3.8) is 0 Å². The van der Waals surface area contributed by atoms with E-state index >= 15 is 0 Å². The average Bonchev–Trinajstić information content (AvgIpc) is 1.62. The van der Waals surface area contributed by atoms with E-state index in [1.807, 2.05) is 5.32 Å². The number of rotatable bonds is 46. The first-order valence-corrected chi connectivity index (χ1v) is 34.1. The smallest absolute Gasteiger partial charge is 0.328 e. The third-order valence-electron chi connectivity index (χ3n) is 15.9. The Labute approximate surface area is 617 Å². The Balaban J connectivity index is 1.41. The molecule has 108 heavy (non-hydrogen) atoms. The van der Waals surface area contributed by atoms with Crippen LogP contribution in [0.2, 0.25) is 0 Å². The van der Waals surface area contributed by atoms with Gasteiger partial charge in [-0.3, -0.25) is 71.9 Å². The lowest BCUT2D eigenvalue weighted by Gasteiger charge is -2.28. The van der Waals surface area contributed by atoms with Gasteiger partial charge in [-0.2, -0.15) is 0 Å². The minimum Gasteiger partial charge on any atom is -0.480 e. The highest BCUT2D eigenvalue weighted by Gasteiger charge is 2.38. The minimum atomic E-state index is -1.88. The molecule has 43 nitrogen and oxygen atoms in total. The summed E-state index contributed by atoms with van der Waals surface area (Å²) < 4.78 is 0. The number of carbonyl (C=O) groups is 16. The Kier molecular flexibility index (Phi) is 36.6. The lowest BCUT2D eigenvalue weighted by molar-refractivity contribution is -0.143. The number of nitrogens with zero attached hydrogens (tertiary/aromatic N) is 2. The number of benzene rings is 1. The van der Waals surface area contributed by atoms with Crippen LogP contribution < -0.4 is 85.5 Å². The molecule has 594 valence electrons. The summed E-state index contributed by atoms with van der Waals surface area (Å²) in [4.78, 5) is 228. The first-order chi connectivity index (χ1) is 51.1. The highest BCUT2D eigenvalue weighted by Crippen LogP contribution is 2.20. The highest BCUT2D eigenvalue weighted by molar-refractivity contribution is 6.00. The molecule has 0 aliphatic heterocycles. The van der Waals surface area contributed by atoms with Gasteiger partial charge in [-0.05, 0) is 57.1 Å². The van der Waals surface area contributed by atoms with Crippen molar-refractivity contribution in [1.82, 2.24) is 105 Å². The average molecular weight is 1520 g/mol. The third kappa shape index (κ3) is 29.8. The monoisotopic (exact) mass is 1520 g/mol. The van der Waals surface area contributed by atoms with Crippen LogP contribution in [0.5, 0.6) is 0 Å². The van der Waals surface area contributed by atoms with Crippen molar-refractivity contribution < 1.29 is 107 Å². The predicted octanol–water partition coefficient (Wildman–Crippen LogP) is -10.7. The van der Waals surface area contributed by atoms with Gasteiger partial charge in [0.1, 0.15) is 66.5 Å². The summed E-state index contributed by atoms with van der Waals surface area (Å²) in [6.07, 6.45) is 4.29. The molecule has 0 bridgehead atoms. The van der Waals surface area contributed by atoms with Gasteiger partial charge in [-0.25, -0.2) is 14.8 Å². The van der Waals surface area contributed by atoms with E-state index in [1.54, 1.807) is 58.2 Å². The number of hydrogen-bond acceptors (Lipinski definition) is 24. The van der Waals surface area contributed by atoms with Crippen molar-refractivity contribution in [2.45, 2.75) is 159 Å². The second-order valence-electron chi connectivity index (χ2n) is 25.8. The number of nitrogens with two attached hydrogens (primary N) is 1. The van der Waals surface area contributed by atoms with Crippen LogP contribution in [0.4, 0.5) is 0 Å². The van der Waals surface area contributed by atoms with Crippen LogP contribution >= 0.6 is 0 Å². The number of aliphatic carboxylic acids is 1. The number of nitrogens with one attached hydrogen (secondary N) is 18. The molecule has 4 aromatic rings. The van der Waals surface area contributed by atoms with Gasteiger partial charge < -0.3 is 131 Å². The summed E-state index contributed by atoms with van der Waals surface area (Å²) in [6.45, 7) is 3.46. The number of amides is 15. The maximum atomic E-state index is 14.6. The number of aromatic amines is 3. The van der Waals surface area contributed by atoms with Crippen molar-refractivity contribution in [3.05, 3.63) is 72.5 Å². The Morgan fingerprint density at radius 3 is 1.23 bits per heavy atom. The molecule has 3 aromatic heterocycles. The summed E-state index contributed by atoms with van der Waals surface area (Å²) >= 11 is 0. The van der Waals surface area contributed by atoms with Crippen LogP contribution in [0, 0.1) is 11.8 Å². The van der Waals surface area contributed by atoms with E-state index in [0.717, 1.165) is 0 Å². The Morgan fingerprint density at radius 2 is 0.787 bits per heavy atom. The quantitative estimate of drug-likeness (QED) is 0.0195. The molecular formula is C65H97N21O22. The standard InChI is InChI=1S/C65H97N21O22/c1-30(2)12-40(56(98)73-21-50(93)70-20-49(92)71-22-51(94)78-48(27-90)65(107)108)77-52(95)23-72-55(97)33(6)76-61(103)45(24-87)85-63(105)47(26-89)83-57(99)41(13-31(3)4)79-59(101)43(15-36-18-67-28-74-36)80-60(102)44(16-37-19-68-29-75-37)81-62(104)46(25-88)84-58(100)42(14-35-17-69-39-11-9-8-10-38(35)39)82-64(106)53(34(7)91)86-54(96)32(5)66/h8-11,17-19,28-34,40-48,53,69,87-91H,12-16,20-27,66H2,1-7H3,(H,67,74)(H,68,75)(H,70,93)(H,71,92)(H,72,97)(H,73,98)(H,76,103)(H,77,95)(H,78,94)(H,79,101)(H,80,102)(H,81,104)(H,82,106)(H,83,99)(H,84,100)(H,85,105)(H,86,96)(H,107,108)/t32-,33-,34+,40-,41-,42-,43-,44-,45-,46-,47-,48-,53-/m0/s1. The van der Waals surface area contributed by atoms with E-state index in [4.69, 9.17) is 15.9 Å². The molecule has 26 N–H and O–H groups in total. The number of carboxylic acid groups (broad SMARTS) is 1. The van der Waals surface area contributed by atoms with Crippen molar-refractivity contribution in [2.75, 3.05) is 52.6 Å². The number of H-pyrrole nitrogens is 3. The van der Waals surface area contributed by atoms with Gasteiger partial charge in [-0.15, -0.1) is 0 Å². The van der Waals surface area contributed by atoms with Gasteiger partial charge in [0.2, 0.25) is 88.6 Å². The largest absolute Gasteiger partial charge is 0.480 e. The molecule has 0 aliphatic rings. The lowest BCUT2D eigenvalue weighted by atomic mass is 10.0. The number of fused-ring (bicyclic) bond motifs is 1. The normalized spacial score (nSPS) is 14.8. The second-order valence-corrected chi connectivity index (χ2v) is 25.8. The summed E-state index contributed by atoms with van der Waals surface area (Å²) in [6, 6.07) is -12.0. The molecule has 43 heteroatoms. The van der Waals surface area contributed by atoms with Gasteiger partial charge in [0, 0.05) is 48.8 Å². The topological polar surface area (TPSA) is 674 Å². The fraction of sp³-hybridized carbons (Fsp3) is 0.538. The fourth-order valence-electron chi connectivity index (χ4n) is 10.1. The van der Waals surface area contributed by atoms with Crippen LogP contribution in [0.25, 0.3) is 10.9 Å². The molecule has 1 aromatic carbocycles. The third-order valence-corrected chi connectivity index (χ3v) is 15.9. The van der Waals surface area contributed by atoms with E-state index in [0.29, 0.717) is 16.5 Å². The number of imidazole rings is 2. The van der Waals surface area contributed by atoms with E-state index in [-0.39, 0.29) is 55.3 Å². The Hall–Kier alpha value is -11.5. The fourth-order valence-corrected chi connectivity index (χ4v) is 10.1. The zero-order valence-electron chi connectivity index (χ0n) is 60.2. The van der Waals surface area contributed by atoms with Crippen LogP contribution in [-0.4, -0.2) is 281 Å². The molecule has 13 atom stereocenters. The zero-order valence-corrected chi connectivity index (χ0v) is 60.2. The molecule has 4 rings (SSSR count). The Morgan fingerprint density at radius 1 is 0.407 bits per heavy atom. The SMILES string of the molecule is CC(C)C[C@H](NC(=O)CNC(=O)[C@H](C)NC(=O)[C@H](CO)NC(=O)[C@H](CO)NC(=O)[C@H](CC(C)C)NC(=O)[C@H](Cc1c[nH]cn1)NC(=O)[C@H](Cc1c[nH]cn1)NC(=O)[C@H](CO)NC(=O)[C@H](Cc1c[nH]c2ccccc12)NC(=O)[C@@H](NC(=O)[C@H](C)N)[C@@H](C)O)C(=O)NCC(=O)NCC(=O)NCC(=O)N[C@@H](CO)C(=O)O. The molecule has 0 radical (unpaired) electrons. The number of carboxylic acids is 1. The number of aromatic nitrogens is 5. The van der Waals surface area contributed by atoms with Gasteiger partial charge in [0.15, 0.2) is 0 Å². The highest BCUT2D eigenvalue weighted by atomic mass is 16.4. The molecule has 0 fully saturated rings. The molecule has 0 spiro atoms. The number of carbonyl (C=O) groups excluding carboxylic acids is 15. The maximum Gasteiger partial charge on any atom is 0.328 e. The molecular weight excluding hydrogens is 1430 g/mol. The van der Waals surface area contributed by atoms with Gasteiger partial charge in [0.25, 0.3) is 0 Å². The summed E-state index contributed by atoms with van der Waals surface area (Å²) in [5.74, 6) is -17.1. The van der Waals surface area contributed by atoms with Crippen LogP contribution in [0.1, 0.15) is 78.3 Å². The van der Waals surface area contributed by atoms with Gasteiger partial charge >= 0.3 is 5.97 Å².